The van der Waals surface area contributed by atoms with E-state index in [1.54, 1.807) is 12.4 Å². The zero-order valence-electron chi connectivity index (χ0n) is 10.5. The summed E-state index contributed by atoms with van der Waals surface area (Å²) in [6.45, 7) is 0. The van der Waals surface area contributed by atoms with E-state index in [-0.39, 0.29) is 11.8 Å². The van der Waals surface area contributed by atoms with E-state index in [0.717, 1.165) is 22.3 Å². The van der Waals surface area contributed by atoms with Gasteiger partial charge in [0.1, 0.15) is 5.82 Å². The van der Waals surface area contributed by atoms with Gasteiger partial charge in [0.15, 0.2) is 0 Å². The summed E-state index contributed by atoms with van der Waals surface area (Å²) in [5.74, 6) is 0.512. The lowest BCUT2D eigenvalue weighted by Crippen LogP contribution is -2.23. The van der Waals surface area contributed by atoms with Crippen LogP contribution in [0.4, 0.5) is 5.82 Å². The Kier molecular flexibility index (Phi) is 2.29. The van der Waals surface area contributed by atoms with Crippen molar-refractivity contribution in [2.75, 3.05) is 5.32 Å². The smallest absolute Gasteiger partial charge is 0.226 e. The fourth-order valence-electron chi connectivity index (χ4n) is 2.55. The van der Waals surface area contributed by atoms with Crippen LogP contribution < -0.4 is 5.32 Å². The lowest BCUT2D eigenvalue weighted by Gasteiger charge is -2.21. The SMILES string of the molecule is O=C1C[C@@H](c2cnc3ccccc3n2)c2cn[nH]c2N1. The van der Waals surface area contributed by atoms with E-state index >= 15 is 0 Å². The number of anilines is 1. The fourth-order valence-corrected chi connectivity index (χ4v) is 2.55. The number of carbonyl (C=O) groups is 1. The Morgan fingerprint density at radius 2 is 2.00 bits per heavy atom. The Balaban J connectivity index is 1.85. The van der Waals surface area contributed by atoms with E-state index in [1.165, 1.54) is 0 Å². The first-order valence-electron chi connectivity index (χ1n) is 6.36. The van der Waals surface area contributed by atoms with Gasteiger partial charge in [0.2, 0.25) is 5.91 Å². The first-order valence-corrected chi connectivity index (χ1v) is 6.36. The van der Waals surface area contributed by atoms with Crippen LogP contribution in [0.5, 0.6) is 0 Å². The van der Waals surface area contributed by atoms with Crippen molar-refractivity contribution in [3.8, 4) is 0 Å². The first kappa shape index (κ1) is 11.1. The number of nitrogens with zero attached hydrogens (tertiary/aromatic N) is 3. The number of nitrogens with one attached hydrogen (secondary N) is 2. The van der Waals surface area contributed by atoms with E-state index in [4.69, 9.17) is 0 Å². The summed E-state index contributed by atoms with van der Waals surface area (Å²) in [7, 11) is 0. The lowest BCUT2D eigenvalue weighted by atomic mass is 9.91. The van der Waals surface area contributed by atoms with Gasteiger partial charge in [-0.1, -0.05) is 12.1 Å². The Morgan fingerprint density at radius 3 is 2.90 bits per heavy atom. The standard InChI is InChI=1S/C14H11N5O/c20-13-5-8(9-6-16-19-14(9)18-13)12-7-15-10-3-1-2-4-11(10)17-12/h1-4,6-8H,5H2,(H2,16,18,19,20)/t8-/m1/s1. The molecular formula is C14H11N5O. The monoisotopic (exact) mass is 265 g/mol. The molecule has 0 fully saturated rings. The highest BCUT2D eigenvalue weighted by Crippen LogP contribution is 2.34. The summed E-state index contributed by atoms with van der Waals surface area (Å²) < 4.78 is 0. The number of H-pyrrole nitrogens is 1. The number of benzene rings is 1. The molecule has 0 spiro atoms. The van der Waals surface area contributed by atoms with Crippen molar-refractivity contribution in [1.82, 2.24) is 20.2 Å². The molecule has 0 saturated heterocycles. The van der Waals surface area contributed by atoms with Crippen molar-refractivity contribution in [3.63, 3.8) is 0 Å². The van der Waals surface area contributed by atoms with Gasteiger partial charge in [-0.2, -0.15) is 5.10 Å². The van der Waals surface area contributed by atoms with Crippen molar-refractivity contribution in [3.05, 3.63) is 47.9 Å². The van der Waals surface area contributed by atoms with Crippen molar-refractivity contribution in [2.45, 2.75) is 12.3 Å². The number of rotatable bonds is 1. The summed E-state index contributed by atoms with van der Waals surface area (Å²) in [5, 5.41) is 9.55. The maximum Gasteiger partial charge on any atom is 0.226 e. The minimum atomic E-state index is -0.102. The number of para-hydroxylation sites is 2. The largest absolute Gasteiger partial charge is 0.311 e. The molecule has 0 radical (unpaired) electrons. The van der Waals surface area contributed by atoms with Gasteiger partial charge in [0.25, 0.3) is 0 Å². The molecule has 0 bridgehead atoms. The van der Waals surface area contributed by atoms with Crippen LogP contribution in [0.15, 0.2) is 36.7 Å². The van der Waals surface area contributed by atoms with E-state index < -0.39 is 0 Å². The molecule has 4 rings (SSSR count). The van der Waals surface area contributed by atoms with Crippen LogP contribution in [0.1, 0.15) is 23.6 Å². The molecule has 2 N–H and O–H groups in total. The number of aromatic amines is 1. The second-order valence-electron chi connectivity index (χ2n) is 4.79. The van der Waals surface area contributed by atoms with Gasteiger partial charge >= 0.3 is 0 Å². The number of amides is 1. The molecule has 20 heavy (non-hydrogen) atoms. The van der Waals surface area contributed by atoms with Crippen LogP contribution in [0.25, 0.3) is 11.0 Å². The van der Waals surface area contributed by atoms with Gasteiger partial charge in [-0.15, -0.1) is 0 Å². The van der Waals surface area contributed by atoms with Crippen molar-refractivity contribution < 1.29 is 4.79 Å². The molecule has 0 aliphatic carbocycles. The highest BCUT2D eigenvalue weighted by molar-refractivity contribution is 5.94. The molecule has 1 aromatic carbocycles. The second kappa shape index (κ2) is 4.12. The molecule has 1 amide bonds. The lowest BCUT2D eigenvalue weighted by molar-refractivity contribution is -0.116. The van der Waals surface area contributed by atoms with Crippen LogP contribution >= 0.6 is 0 Å². The van der Waals surface area contributed by atoms with Gasteiger partial charge in [-0.05, 0) is 12.1 Å². The maximum atomic E-state index is 11.8. The summed E-state index contributed by atoms with van der Waals surface area (Å²) in [6, 6.07) is 7.70. The molecule has 1 aliphatic heterocycles. The third-order valence-electron chi connectivity index (χ3n) is 3.52. The molecule has 6 nitrogen and oxygen atoms in total. The van der Waals surface area contributed by atoms with Crippen LogP contribution in [-0.2, 0) is 4.79 Å². The number of hydrogen-bond donors (Lipinski definition) is 2. The number of hydrogen-bond acceptors (Lipinski definition) is 4. The van der Waals surface area contributed by atoms with Crippen LogP contribution in [0, 0.1) is 0 Å². The number of carbonyl (C=O) groups excluding carboxylic acids is 1. The van der Waals surface area contributed by atoms with E-state index in [9.17, 15) is 4.79 Å². The van der Waals surface area contributed by atoms with Gasteiger partial charge in [0.05, 0.1) is 22.9 Å². The maximum absolute atomic E-state index is 11.8. The predicted octanol–water partition coefficient (Wildman–Crippen LogP) is 1.83. The topological polar surface area (TPSA) is 83.6 Å². The fraction of sp³-hybridized carbons (Fsp3) is 0.143. The summed E-state index contributed by atoms with van der Waals surface area (Å²) in [5.41, 5.74) is 3.43. The molecule has 0 unspecified atom stereocenters. The average Bonchev–Trinajstić information content (AvgIpc) is 2.94. The zero-order chi connectivity index (χ0) is 13.5. The van der Waals surface area contributed by atoms with Crippen molar-refractivity contribution >= 4 is 22.8 Å². The quantitative estimate of drug-likeness (QED) is 0.703. The zero-order valence-corrected chi connectivity index (χ0v) is 10.5. The van der Waals surface area contributed by atoms with E-state index in [1.807, 2.05) is 24.3 Å². The average molecular weight is 265 g/mol. The molecule has 1 aliphatic rings. The highest BCUT2D eigenvalue weighted by atomic mass is 16.1. The molecule has 98 valence electrons. The van der Waals surface area contributed by atoms with E-state index in [0.29, 0.717) is 12.2 Å². The molecular weight excluding hydrogens is 254 g/mol. The Hall–Kier alpha value is -2.76. The minimum Gasteiger partial charge on any atom is -0.311 e. The van der Waals surface area contributed by atoms with Crippen molar-refractivity contribution in [2.24, 2.45) is 0 Å². The number of fused-ring (bicyclic) bond motifs is 2. The molecule has 6 heteroatoms. The third kappa shape index (κ3) is 1.65. The molecule has 0 saturated carbocycles. The van der Waals surface area contributed by atoms with Crippen LogP contribution in [-0.4, -0.2) is 26.1 Å². The molecule has 1 atom stereocenters. The van der Waals surface area contributed by atoms with E-state index in [2.05, 4.69) is 25.5 Å². The van der Waals surface area contributed by atoms with Gasteiger partial charge < -0.3 is 5.32 Å². The number of aromatic nitrogens is 4. The normalized spacial score (nSPS) is 17.8. The Labute approximate surface area is 114 Å². The van der Waals surface area contributed by atoms with Crippen LogP contribution in [0.3, 0.4) is 0 Å². The summed E-state index contributed by atoms with van der Waals surface area (Å²) >= 11 is 0. The third-order valence-corrected chi connectivity index (χ3v) is 3.52. The van der Waals surface area contributed by atoms with Gasteiger partial charge in [-0.3, -0.25) is 14.9 Å². The Morgan fingerprint density at radius 1 is 1.15 bits per heavy atom. The van der Waals surface area contributed by atoms with Gasteiger partial charge in [0, 0.05) is 24.1 Å². The summed E-state index contributed by atoms with van der Waals surface area (Å²) in [4.78, 5) is 20.8. The summed E-state index contributed by atoms with van der Waals surface area (Å²) in [6.07, 6.45) is 3.83. The van der Waals surface area contributed by atoms with Crippen molar-refractivity contribution in [1.29, 1.82) is 0 Å². The molecule has 3 aromatic rings. The Bertz CT molecular complexity index is 810. The molecule has 2 aromatic heterocycles. The molecule has 3 heterocycles. The predicted molar refractivity (Wildman–Crippen MR) is 73.2 cm³/mol. The highest BCUT2D eigenvalue weighted by Gasteiger charge is 2.29. The second-order valence-corrected chi connectivity index (χ2v) is 4.79. The van der Waals surface area contributed by atoms with Crippen LogP contribution in [0.2, 0.25) is 0 Å². The minimum absolute atomic E-state index is 0.0401. The van der Waals surface area contributed by atoms with Gasteiger partial charge in [-0.25, -0.2) is 4.98 Å². The first-order chi connectivity index (χ1) is 9.81.